The van der Waals surface area contributed by atoms with Gasteiger partial charge in [-0.3, -0.25) is 5.01 Å². The number of allylic oxidation sites excluding steroid dienone is 1. The summed E-state index contributed by atoms with van der Waals surface area (Å²) in [6, 6.07) is 18.0. The van der Waals surface area contributed by atoms with Crippen LogP contribution < -0.4 is 4.90 Å². The van der Waals surface area contributed by atoms with E-state index in [9.17, 15) is 0 Å². The number of hydrogen-bond donors (Lipinski definition) is 0. The fraction of sp³-hybridized carbons (Fsp3) is 0.211. The number of hydrogen-bond acceptors (Lipinski definition) is 3. The molecule has 2 aromatic rings. The number of benzene rings is 2. The van der Waals surface area contributed by atoms with Gasteiger partial charge in [-0.1, -0.05) is 53.5 Å². The topological polar surface area (TPSA) is 18.8 Å². The summed E-state index contributed by atoms with van der Waals surface area (Å²) in [5, 5.41) is 7.92. The van der Waals surface area contributed by atoms with Gasteiger partial charge < -0.3 is 4.90 Å². The highest BCUT2D eigenvalue weighted by Gasteiger charge is 2.15. The first kappa shape index (κ1) is 16.9. The lowest BCUT2D eigenvalue weighted by molar-refractivity contribution is 0.272. The predicted octanol–water partition coefficient (Wildman–Crippen LogP) is 4.73. The van der Waals surface area contributed by atoms with Gasteiger partial charge in [-0.05, 0) is 35.9 Å². The van der Waals surface area contributed by atoms with Gasteiger partial charge in [0.1, 0.15) is 0 Å². The molecule has 0 N–H and O–H groups in total. The molecule has 1 aliphatic heterocycles. The summed E-state index contributed by atoms with van der Waals surface area (Å²) in [5.74, 6) is 0. The molecule has 5 heteroatoms. The molecule has 1 aliphatic rings. The molecule has 124 valence electrons. The van der Waals surface area contributed by atoms with Crippen LogP contribution in [-0.2, 0) is 0 Å². The van der Waals surface area contributed by atoms with E-state index in [-0.39, 0.29) is 0 Å². The molecule has 1 heterocycles. The molecule has 2 aromatic carbocycles. The highest BCUT2D eigenvalue weighted by atomic mass is 35.5. The average molecular weight is 360 g/mol. The molecule has 0 atom stereocenters. The maximum absolute atomic E-state index is 6.24. The lowest BCUT2D eigenvalue weighted by Gasteiger charge is -2.34. The van der Waals surface area contributed by atoms with Crippen molar-refractivity contribution in [3.05, 3.63) is 70.2 Å². The van der Waals surface area contributed by atoms with Crippen LogP contribution in [0.4, 0.5) is 5.69 Å². The predicted molar refractivity (Wildman–Crippen MR) is 104 cm³/mol. The van der Waals surface area contributed by atoms with Crippen LogP contribution in [0.25, 0.3) is 6.08 Å². The molecule has 0 amide bonds. The van der Waals surface area contributed by atoms with Crippen LogP contribution in [0.15, 0.2) is 64.7 Å². The van der Waals surface area contributed by atoms with Crippen LogP contribution in [0.1, 0.15) is 5.56 Å². The smallest absolute Gasteiger partial charge is 0.0657 e. The molecule has 0 bridgehead atoms. The zero-order chi connectivity index (χ0) is 16.8. The third-order valence-corrected chi connectivity index (χ3v) is 4.36. The highest BCUT2D eigenvalue weighted by molar-refractivity contribution is 6.41. The summed E-state index contributed by atoms with van der Waals surface area (Å²) >= 11 is 12.2. The Balaban J connectivity index is 1.53. The summed E-state index contributed by atoms with van der Waals surface area (Å²) in [7, 11) is 0. The Bertz CT molecular complexity index is 703. The Morgan fingerprint density at radius 3 is 2.25 bits per heavy atom. The van der Waals surface area contributed by atoms with Gasteiger partial charge in [0.05, 0.1) is 24.3 Å². The number of anilines is 1. The van der Waals surface area contributed by atoms with E-state index in [1.165, 1.54) is 5.69 Å². The number of nitrogens with zero attached hydrogens (tertiary/aromatic N) is 3. The average Bonchev–Trinajstić information content (AvgIpc) is 2.62. The van der Waals surface area contributed by atoms with Gasteiger partial charge in [0.2, 0.25) is 0 Å². The molecule has 0 saturated carbocycles. The number of rotatable bonds is 4. The third-order valence-electron chi connectivity index (χ3n) is 3.90. The van der Waals surface area contributed by atoms with Crippen LogP contribution in [0.5, 0.6) is 0 Å². The fourth-order valence-corrected chi connectivity index (χ4v) is 2.90. The molecule has 0 radical (unpaired) electrons. The van der Waals surface area contributed by atoms with Crippen LogP contribution >= 0.6 is 23.2 Å². The van der Waals surface area contributed by atoms with Gasteiger partial charge in [0.15, 0.2) is 0 Å². The van der Waals surface area contributed by atoms with Gasteiger partial charge in [-0.2, -0.15) is 5.10 Å². The van der Waals surface area contributed by atoms with Gasteiger partial charge in [0.25, 0.3) is 0 Å². The van der Waals surface area contributed by atoms with Crippen LogP contribution in [0.3, 0.4) is 0 Å². The minimum atomic E-state index is 0.626. The Kier molecular flexibility index (Phi) is 5.78. The molecule has 0 aromatic heterocycles. The molecular formula is C19H19Cl2N3. The van der Waals surface area contributed by atoms with Gasteiger partial charge >= 0.3 is 0 Å². The Labute approximate surface area is 152 Å². The standard InChI is InChI=1S/C19H19Cl2N3/c20-17-6-8-19(9-7-17)23-10-12-24(13-11-23)22-15-18(21)14-16-4-2-1-3-5-16/h1-9,14-15H,10-13H2/b18-14-,22-15?. The quantitative estimate of drug-likeness (QED) is 0.735. The summed E-state index contributed by atoms with van der Waals surface area (Å²) in [6.45, 7) is 3.60. The second-order valence-electron chi connectivity index (χ2n) is 5.60. The van der Waals surface area contributed by atoms with E-state index < -0.39 is 0 Å². The minimum absolute atomic E-state index is 0.626. The van der Waals surface area contributed by atoms with Crippen molar-refractivity contribution in [1.29, 1.82) is 0 Å². The summed E-state index contributed by atoms with van der Waals surface area (Å²) in [4.78, 5) is 2.34. The molecule has 0 unspecified atom stereocenters. The van der Waals surface area contributed by atoms with Crippen molar-refractivity contribution < 1.29 is 0 Å². The molecule has 1 fully saturated rings. The van der Waals surface area contributed by atoms with E-state index >= 15 is 0 Å². The van der Waals surface area contributed by atoms with Crippen molar-refractivity contribution in [3.8, 4) is 0 Å². The molecule has 3 rings (SSSR count). The first-order chi connectivity index (χ1) is 11.7. The number of piperazine rings is 1. The van der Waals surface area contributed by atoms with E-state index in [2.05, 4.69) is 22.1 Å². The van der Waals surface area contributed by atoms with Crippen LogP contribution in [0, 0.1) is 0 Å². The lowest BCUT2D eigenvalue weighted by atomic mass is 10.2. The van der Waals surface area contributed by atoms with Crippen molar-refractivity contribution in [2.45, 2.75) is 0 Å². The van der Waals surface area contributed by atoms with E-state index in [1.54, 1.807) is 6.21 Å². The third kappa shape index (κ3) is 4.76. The zero-order valence-corrected chi connectivity index (χ0v) is 14.8. The van der Waals surface area contributed by atoms with Crippen molar-refractivity contribution in [2.75, 3.05) is 31.1 Å². The highest BCUT2D eigenvalue weighted by Crippen LogP contribution is 2.19. The number of halogens is 2. The maximum Gasteiger partial charge on any atom is 0.0657 e. The van der Waals surface area contributed by atoms with E-state index in [1.807, 2.05) is 53.5 Å². The minimum Gasteiger partial charge on any atom is -0.368 e. The van der Waals surface area contributed by atoms with Crippen molar-refractivity contribution in [1.82, 2.24) is 5.01 Å². The van der Waals surface area contributed by atoms with E-state index in [4.69, 9.17) is 23.2 Å². The molecular weight excluding hydrogens is 341 g/mol. The molecule has 0 aliphatic carbocycles. The monoisotopic (exact) mass is 359 g/mol. The normalized spacial score (nSPS) is 16.0. The largest absolute Gasteiger partial charge is 0.368 e. The van der Waals surface area contributed by atoms with Crippen molar-refractivity contribution in [2.24, 2.45) is 5.10 Å². The second-order valence-corrected chi connectivity index (χ2v) is 6.47. The lowest BCUT2D eigenvalue weighted by Crippen LogP contribution is -2.44. The van der Waals surface area contributed by atoms with E-state index in [0.717, 1.165) is 36.8 Å². The van der Waals surface area contributed by atoms with E-state index in [0.29, 0.717) is 5.03 Å². The van der Waals surface area contributed by atoms with Crippen molar-refractivity contribution >= 4 is 41.2 Å². The summed E-state index contributed by atoms with van der Waals surface area (Å²) < 4.78 is 0. The van der Waals surface area contributed by atoms with Gasteiger partial charge in [-0.25, -0.2) is 0 Å². The second kappa shape index (κ2) is 8.22. The Morgan fingerprint density at radius 1 is 0.917 bits per heavy atom. The van der Waals surface area contributed by atoms with Gasteiger partial charge in [0, 0.05) is 23.8 Å². The molecule has 24 heavy (non-hydrogen) atoms. The first-order valence-electron chi connectivity index (χ1n) is 7.92. The molecule has 0 spiro atoms. The van der Waals surface area contributed by atoms with Gasteiger partial charge in [-0.15, -0.1) is 0 Å². The first-order valence-corrected chi connectivity index (χ1v) is 8.68. The zero-order valence-electron chi connectivity index (χ0n) is 13.3. The van der Waals surface area contributed by atoms with Crippen LogP contribution in [0.2, 0.25) is 5.02 Å². The summed E-state index contributed by atoms with van der Waals surface area (Å²) in [6.07, 6.45) is 3.63. The summed E-state index contributed by atoms with van der Waals surface area (Å²) in [5.41, 5.74) is 2.27. The Hall–Kier alpha value is -1.97. The fourth-order valence-electron chi connectivity index (χ4n) is 2.60. The van der Waals surface area contributed by atoms with Crippen LogP contribution in [-0.4, -0.2) is 37.4 Å². The Morgan fingerprint density at radius 2 is 1.58 bits per heavy atom. The van der Waals surface area contributed by atoms with Crippen molar-refractivity contribution in [3.63, 3.8) is 0 Å². The molecule has 1 saturated heterocycles. The molecule has 3 nitrogen and oxygen atoms in total. The maximum atomic E-state index is 6.24. The SMILES string of the molecule is Cl/C(C=NN1CCN(c2ccc(Cl)cc2)CC1)=C\c1ccccc1. The number of hydrazone groups is 1.